The normalized spacial score (nSPS) is 12.2. The molecular formula is C8H8ClN3O5S. The standard InChI is InChI=1S/C8H8ClN3O5S/c9-8-2-1-6(3-11-8)10-4-7(5-12(13)14)18(15,16)17/h1-3,5,10H,4H2,(H,15,16,17). The molecular weight excluding hydrogens is 286 g/mol. The number of halogens is 1. The van der Waals surface area contributed by atoms with E-state index in [1.165, 1.54) is 18.3 Å². The third-order valence-corrected chi connectivity index (χ3v) is 2.91. The molecule has 8 nitrogen and oxygen atoms in total. The van der Waals surface area contributed by atoms with Crippen molar-refractivity contribution in [1.82, 2.24) is 4.98 Å². The topological polar surface area (TPSA) is 122 Å². The quantitative estimate of drug-likeness (QED) is 0.361. The number of nitro groups is 1. The van der Waals surface area contributed by atoms with Crippen molar-refractivity contribution >= 4 is 27.4 Å². The highest BCUT2D eigenvalue weighted by Gasteiger charge is 2.18. The number of nitrogens with one attached hydrogen (secondary N) is 1. The van der Waals surface area contributed by atoms with Gasteiger partial charge < -0.3 is 5.32 Å². The molecule has 0 atom stereocenters. The van der Waals surface area contributed by atoms with Gasteiger partial charge in [-0.2, -0.15) is 8.42 Å². The molecule has 0 aliphatic rings. The Balaban J connectivity index is 2.81. The molecule has 0 saturated heterocycles. The molecule has 0 aliphatic heterocycles. The number of pyridine rings is 1. The summed E-state index contributed by atoms with van der Waals surface area (Å²) >= 11 is 5.54. The fourth-order valence-electron chi connectivity index (χ4n) is 0.991. The molecule has 0 amide bonds. The van der Waals surface area contributed by atoms with Gasteiger partial charge >= 0.3 is 0 Å². The smallest absolute Gasteiger partial charge is 0.298 e. The minimum Gasteiger partial charge on any atom is -0.379 e. The van der Waals surface area contributed by atoms with E-state index in [0.29, 0.717) is 5.69 Å². The fourth-order valence-corrected chi connectivity index (χ4v) is 1.58. The molecule has 0 unspecified atom stereocenters. The van der Waals surface area contributed by atoms with E-state index in [2.05, 4.69) is 10.3 Å². The van der Waals surface area contributed by atoms with E-state index in [4.69, 9.17) is 16.2 Å². The van der Waals surface area contributed by atoms with Gasteiger partial charge in [0.2, 0.25) is 0 Å². The van der Waals surface area contributed by atoms with Crippen LogP contribution in [0.25, 0.3) is 0 Å². The molecule has 98 valence electrons. The predicted molar refractivity (Wildman–Crippen MR) is 64.4 cm³/mol. The lowest BCUT2D eigenvalue weighted by molar-refractivity contribution is -0.402. The highest BCUT2D eigenvalue weighted by Crippen LogP contribution is 2.11. The Hall–Kier alpha value is -1.71. The summed E-state index contributed by atoms with van der Waals surface area (Å²) in [6.45, 7) is -0.441. The van der Waals surface area contributed by atoms with Crippen LogP contribution in [0.15, 0.2) is 29.4 Å². The Morgan fingerprint density at radius 3 is 2.72 bits per heavy atom. The molecule has 10 heteroatoms. The van der Waals surface area contributed by atoms with Crippen LogP contribution in [0, 0.1) is 10.1 Å². The van der Waals surface area contributed by atoms with E-state index in [0.717, 1.165) is 0 Å². The van der Waals surface area contributed by atoms with Gasteiger partial charge in [0.15, 0.2) is 4.91 Å². The average Bonchev–Trinajstić information content (AvgIpc) is 2.24. The van der Waals surface area contributed by atoms with Gasteiger partial charge in [-0.05, 0) is 12.1 Å². The number of nitrogens with zero attached hydrogens (tertiary/aromatic N) is 2. The maximum atomic E-state index is 10.8. The molecule has 2 N–H and O–H groups in total. The van der Waals surface area contributed by atoms with E-state index >= 15 is 0 Å². The summed E-state index contributed by atoms with van der Waals surface area (Å²) in [5.74, 6) is 0. The van der Waals surface area contributed by atoms with Crippen LogP contribution in [0.4, 0.5) is 5.69 Å². The Labute approximate surface area is 107 Å². The molecule has 0 aromatic carbocycles. The van der Waals surface area contributed by atoms with E-state index in [1.54, 1.807) is 0 Å². The molecule has 0 saturated carbocycles. The van der Waals surface area contributed by atoms with E-state index in [1.807, 2.05) is 0 Å². The molecule has 0 aliphatic carbocycles. The summed E-state index contributed by atoms with van der Waals surface area (Å²) in [7, 11) is -4.63. The zero-order valence-electron chi connectivity index (χ0n) is 8.78. The summed E-state index contributed by atoms with van der Waals surface area (Å²) in [6, 6.07) is 2.96. The molecule has 18 heavy (non-hydrogen) atoms. The second kappa shape index (κ2) is 5.76. The zero-order valence-corrected chi connectivity index (χ0v) is 10.3. The summed E-state index contributed by atoms with van der Waals surface area (Å²) in [5.41, 5.74) is 0.400. The Morgan fingerprint density at radius 2 is 2.28 bits per heavy atom. The highest BCUT2D eigenvalue weighted by atomic mass is 35.5. The van der Waals surface area contributed by atoms with Crippen LogP contribution in [-0.2, 0) is 10.1 Å². The van der Waals surface area contributed by atoms with Crippen molar-refractivity contribution in [2.45, 2.75) is 0 Å². The van der Waals surface area contributed by atoms with Gasteiger partial charge in [0.1, 0.15) is 5.15 Å². The van der Waals surface area contributed by atoms with Crippen LogP contribution < -0.4 is 5.32 Å². The van der Waals surface area contributed by atoms with Gasteiger partial charge in [-0.25, -0.2) is 4.98 Å². The first kappa shape index (κ1) is 14.4. The molecule has 0 radical (unpaired) electrons. The summed E-state index contributed by atoms with van der Waals surface area (Å²) in [4.78, 5) is 12.2. The monoisotopic (exact) mass is 293 g/mol. The van der Waals surface area contributed by atoms with E-state index in [-0.39, 0.29) is 11.4 Å². The van der Waals surface area contributed by atoms with Crippen LogP contribution >= 0.6 is 11.6 Å². The Kier molecular flexibility index (Phi) is 4.59. The lowest BCUT2D eigenvalue weighted by atomic mass is 10.4. The summed E-state index contributed by atoms with van der Waals surface area (Å²) in [6.07, 6.45) is 1.53. The van der Waals surface area contributed by atoms with Gasteiger partial charge in [0.25, 0.3) is 16.3 Å². The lowest BCUT2D eigenvalue weighted by Crippen LogP contribution is -2.14. The van der Waals surface area contributed by atoms with Crippen LogP contribution in [0.3, 0.4) is 0 Å². The van der Waals surface area contributed by atoms with Gasteiger partial charge in [-0.15, -0.1) is 0 Å². The predicted octanol–water partition coefficient (Wildman–Crippen LogP) is 1.15. The van der Waals surface area contributed by atoms with Crippen LogP contribution in [0.5, 0.6) is 0 Å². The third kappa shape index (κ3) is 4.65. The first-order chi connectivity index (χ1) is 8.29. The van der Waals surface area contributed by atoms with Crippen molar-refractivity contribution < 1.29 is 17.9 Å². The van der Waals surface area contributed by atoms with Crippen LogP contribution in [-0.4, -0.2) is 29.4 Å². The summed E-state index contributed by atoms with van der Waals surface area (Å²) < 4.78 is 30.5. The molecule has 0 spiro atoms. The second-order valence-corrected chi connectivity index (χ2v) is 4.94. The number of hydrogen-bond acceptors (Lipinski definition) is 6. The van der Waals surface area contributed by atoms with Crippen molar-refractivity contribution in [2.24, 2.45) is 0 Å². The van der Waals surface area contributed by atoms with Crippen molar-refractivity contribution in [1.29, 1.82) is 0 Å². The van der Waals surface area contributed by atoms with Crippen molar-refractivity contribution in [3.63, 3.8) is 0 Å². The van der Waals surface area contributed by atoms with Crippen molar-refractivity contribution in [3.05, 3.63) is 44.7 Å². The molecule has 1 aromatic heterocycles. The number of rotatable bonds is 5. The van der Waals surface area contributed by atoms with Gasteiger partial charge in [0, 0.05) is 0 Å². The van der Waals surface area contributed by atoms with Gasteiger partial charge in [-0.1, -0.05) is 11.6 Å². The SMILES string of the molecule is O=[N+]([O-])C=C(CNc1ccc(Cl)nc1)S(=O)(=O)O. The fraction of sp³-hybridized carbons (Fsp3) is 0.125. The minimum atomic E-state index is -4.63. The molecule has 1 aromatic rings. The van der Waals surface area contributed by atoms with Crippen LogP contribution in [0.1, 0.15) is 0 Å². The van der Waals surface area contributed by atoms with E-state index < -0.39 is 26.5 Å². The van der Waals surface area contributed by atoms with Crippen LogP contribution in [0.2, 0.25) is 5.15 Å². The van der Waals surface area contributed by atoms with Crippen molar-refractivity contribution in [2.75, 3.05) is 11.9 Å². The average molecular weight is 294 g/mol. The minimum absolute atomic E-state index is 0.214. The largest absolute Gasteiger partial charge is 0.379 e. The molecule has 0 bridgehead atoms. The lowest BCUT2D eigenvalue weighted by Gasteiger charge is -2.05. The molecule has 0 fully saturated rings. The number of hydrogen-bond donors (Lipinski definition) is 2. The highest BCUT2D eigenvalue weighted by molar-refractivity contribution is 7.89. The first-order valence-electron chi connectivity index (χ1n) is 4.46. The molecule has 1 heterocycles. The maximum absolute atomic E-state index is 10.8. The first-order valence-corrected chi connectivity index (χ1v) is 6.28. The Morgan fingerprint density at radius 1 is 1.61 bits per heavy atom. The number of anilines is 1. The summed E-state index contributed by atoms with van der Waals surface area (Å²) in [5, 5.41) is 13.0. The zero-order chi connectivity index (χ0) is 13.8. The van der Waals surface area contributed by atoms with Crippen molar-refractivity contribution in [3.8, 4) is 0 Å². The maximum Gasteiger partial charge on any atom is 0.298 e. The van der Waals surface area contributed by atoms with Gasteiger partial charge in [-0.3, -0.25) is 14.7 Å². The molecule has 1 rings (SSSR count). The van der Waals surface area contributed by atoms with Gasteiger partial charge in [0.05, 0.1) is 23.4 Å². The number of aromatic nitrogens is 1. The Bertz CT molecular complexity index is 569. The van der Waals surface area contributed by atoms with E-state index in [9.17, 15) is 18.5 Å². The second-order valence-electron chi connectivity index (χ2n) is 3.08. The third-order valence-electron chi connectivity index (χ3n) is 1.77.